The first-order chi connectivity index (χ1) is 8.08. The Bertz CT molecular complexity index is 508. The molecule has 1 aliphatic rings. The largest absolute Gasteiger partial charge is 0.480 e. The highest BCUT2D eigenvalue weighted by atomic mass is 16.4. The molecule has 0 spiro atoms. The van der Waals surface area contributed by atoms with Gasteiger partial charge in [-0.25, -0.2) is 5.01 Å². The third-order valence-electron chi connectivity index (χ3n) is 2.59. The molecule has 2 rings (SSSR count). The van der Waals surface area contributed by atoms with Crippen molar-refractivity contribution < 1.29 is 14.7 Å². The molecule has 0 saturated heterocycles. The van der Waals surface area contributed by atoms with Gasteiger partial charge in [0, 0.05) is 5.56 Å². The Morgan fingerprint density at radius 2 is 2.18 bits per heavy atom. The summed E-state index contributed by atoms with van der Waals surface area (Å²) >= 11 is 0. The zero-order chi connectivity index (χ0) is 12.4. The first-order valence-electron chi connectivity index (χ1n) is 5.23. The lowest BCUT2D eigenvalue weighted by Gasteiger charge is -2.06. The molecule has 0 aromatic heterocycles. The van der Waals surface area contributed by atoms with Crippen molar-refractivity contribution in [3.8, 4) is 0 Å². The highest BCUT2D eigenvalue weighted by Gasteiger charge is 2.26. The van der Waals surface area contributed by atoms with Crippen LogP contribution in [0, 0.1) is 6.92 Å². The van der Waals surface area contributed by atoms with Crippen LogP contribution in [0.15, 0.2) is 29.4 Å². The highest BCUT2D eigenvalue weighted by Crippen LogP contribution is 2.17. The first kappa shape index (κ1) is 11.3. The topological polar surface area (TPSA) is 70.0 Å². The first-order valence-corrected chi connectivity index (χ1v) is 5.23. The van der Waals surface area contributed by atoms with E-state index in [-0.39, 0.29) is 18.9 Å². The van der Waals surface area contributed by atoms with Gasteiger partial charge in [0.2, 0.25) is 5.91 Å². The fraction of sp³-hybridized carbons (Fsp3) is 0.250. The van der Waals surface area contributed by atoms with Crippen LogP contribution in [0.3, 0.4) is 0 Å². The summed E-state index contributed by atoms with van der Waals surface area (Å²) in [4.78, 5) is 22.1. The minimum atomic E-state index is -1.06. The third-order valence-corrected chi connectivity index (χ3v) is 2.59. The summed E-state index contributed by atoms with van der Waals surface area (Å²) in [5, 5.41) is 13.7. The molecule has 88 valence electrons. The number of carboxylic acids is 1. The molecule has 0 atom stereocenters. The van der Waals surface area contributed by atoms with E-state index in [1.165, 1.54) is 0 Å². The lowest BCUT2D eigenvalue weighted by Crippen LogP contribution is -2.27. The molecular weight excluding hydrogens is 220 g/mol. The molecule has 1 aromatic carbocycles. The zero-order valence-electron chi connectivity index (χ0n) is 9.38. The van der Waals surface area contributed by atoms with Crippen molar-refractivity contribution in [1.29, 1.82) is 0 Å². The second kappa shape index (κ2) is 4.37. The van der Waals surface area contributed by atoms with Gasteiger partial charge in [-0.2, -0.15) is 5.10 Å². The maximum Gasteiger partial charge on any atom is 0.325 e. The van der Waals surface area contributed by atoms with E-state index in [1.54, 1.807) is 0 Å². The lowest BCUT2D eigenvalue weighted by molar-refractivity contribution is -0.143. The molecule has 5 nitrogen and oxygen atoms in total. The molecule has 1 heterocycles. The van der Waals surface area contributed by atoms with Gasteiger partial charge in [0.1, 0.15) is 6.54 Å². The van der Waals surface area contributed by atoms with Crippen LogP contribution < -0.4 is 0 Å². The molecule has 1 amide bonds. The number of rotatable bonds is 3. The monoisotopic (exact) mass is 232 g/mol. The van der Waals surface area contributed by atoms with Gasteiger partial charge in [0.25, 0.3) is 0 Å². The van der Waals surface area contributed by atoms with E-state index < -0.39 is 5.97 Å². The van der Waals surface area contributed by atoms with E-state index in [9.17, 15) is 9.59 Å². The van der Waals surface area contributed by atoms with Gasteiger partial charge in [-0.05, 0) is 12.5 Å². The summed E-state index contributed by atoms with van der Waals surface area (Å²) in [6, 6.07) is 7.59. The highest BCUT2D eigenvalue weighted by molar-refractivity contribution is 6.14. The van der Waals surface area contributed by atoms with Crippen molar-refractivity contribution >= 4 is 17.6 Å². The predicted octanol–water partition coefficient (Wildman–Crippen LogP) is 1.02. The summed E-state index contributed by atoms with van der Waals surface area (Å²) < 4.78 is 0. The standard InChI is InChI=1S/C12H12N2O3/c1-8-4-2-3-5-9(8)10-6-11(15)14(13-10)7-12(16)17/h2-5H,6-7H2,1H3,(H,16,17). The summed E-state index contributed by atoms with van der Waals surface area (Å²) in [6.07, 6.45) is 0.165. The van der Waals surface area contributed by atoms with Gasteiger partial charge in [-0.15, -0.1) is 0 Å². The fourth-order valence-electron chi connectivity index (χ4n) is 1.77. The minimum absolute atomic E-state index is 0.165. The van der Waals surface area contributed by atoms with E-state index in [1.807, 2.05) is 31.2 Å². The van der Waals surface area contributed by atoms with Crippen LogP contribution >= 0.6 is 0 Å². The molecule has 0 bridgehead atoms. The summed E-state index contributed by atoms with van der Waals surface area (Å²) in [6.45, 7) is 1.55. The molecule has 0 aliphatic carbocycles. The number of carbonyl (C=O) groups excluding carboxylic acids is 1. The van der Waals surface area contributed by atoms with Gasteiger partial charge in [0.15, 0.2) is 0 Å². The van der Waals surface area contributed by atoms with Crippen molar-refractivity contribution in [1.82, 2.24) is 5.01 Å². The van der Waals surface area contributed by atoms with Crippen LogP contribution in [0.4, 0.5) is 0 Å². The summed E-state index contributed by atoms with van der Waals surface area (Å²) in [7, 11) is 0. The number of benzene rings is 1. The average Bonchev–Trinajstić information content (AvgIpc) is 2.60. The number of aliphatic carboxylic acids is 1. The lowest BCUT2D eigenvalue weighted by atomic mass is 10.0. The molecule has 0 unspecified atom stereocenters. The number of hydrazone groups is 1. The predicted molar refractivity (Wildman–Crippen MR) is 61.7 cm³/mol. The molecule has 0 radical (unpaired) electrons. The molecule has 0 fully saturated rings. The smallest absolute Gasteiger partial charge is 0.325 e. The fourth-order valence-corrected chi connectivity index (χ4v) is 1.77. The Hall–Kier alpha value is -2.17. The molecule has 1 aliphatic heterocycles. The number of carboxylic acid groups (broad SMARTS) is 1. The number of amides is 1. The van der Waals surface area contributed by atoms with Crippen LogP contribution in [0.25, 0.3) is 0 Å². The third kappa shape index (κ3) is 2.33. The van der Waals surface area contributed by atoms with Crippen molar-refractivity contribution in [3.63, 3.8) is 0 Å². The van der Waals surface area contributed by atoms with E-state index in [0.717, 1.165) is 16.1 Å². The van der Waals surface area contributed by atoms with E-state index in [2.05, 4.69) is 5.10 Å². The number of hydrogen-bond acceptors (Lipinski definition) is 3. The Labute approximate surface area is 98.4 Å². The SMILES string of the molecule is Cc1ccccc1C1=NN(CC(=O)O)C(=O)C1. The Balaban J connectivity index is 2.27. The van der Waals surface area contributed by atoms with E-state index >= 15 is 0 Å². The van der Waals surface area contributed by atoms with Crippen molar-refractivity contribution in [3.05, 3.63) is 35.4 Å². The average molecular weight is 232 g/mol. The maximum absolute atomic E-state index is 11.6. The Kier molecular flexibility index (Phi) is 2.91. The second-order valence-corrected chi connectivity index (χ2v) is 3.88. The zero-order valence-corrected chi connectivity index (χ0v) is 9.38. The Morgan fingerprint density at radius 3 is 2.82 bits per heavy atom. The second-order valence-electron chi connectivity index (χ2n) is 3.88. The maximum atomic E-state index is 11.6. The van der Waals surface area contributed by atoms with Crippen LogP contribution in [-0.4, -0.2) is 34.2 Å². The van der Waals surface area contributed by atoms with Crippen molar-refractivity contribution in [2.24, 2.45) is 5.10 Å². The van der Waals surface area contributed by atoms with Crippen LogP contribution in [-0.2, 0) is 9.59 Å². The minimum Gasteiger partial charge on any atom is -0.480 e. The normalized spacial score (nSPS) is 15.0. The van der Waals surface area contributed by atoms with Gasteiger partial charge >= 0.3 is 5.97 Å². The van der Waals surface area contributed by atoms with Crippen LogP contribution in [0.1, 0.15) is 17.5 Å². The van der Waals surface area contributed by atoms with Gasteiger partial charge in [-0.3, -0.25) is 9.59 Å². The van der Waals surface area contributed by atoms with Gasteiger partial charge in [0.05, 0.1) is 12.1 Å². The van der Waals surface area contributed by atoms with Gasteiger partial charge < -0.3 is 5.11 Å². The molecule has 17 heavy (non-hydrogen) atoms. The molecule has 1 N–H and O–H groups in total. The van der Waals surface area contributed by atoms with Gasteiger partial charge in [-0.1, -0.05) is 24.3 Å². The molecular formula is C12H12N2O3. The quantitative estimate of drug-likeness (QED) is 0.845. The summed E-state index contributed by atoms with van der Waals surface area (Å²) in [5.74, 6) is -1.33. The number of carbonyl (C=O) groups is 2. The van der Waals surface area contributed by atoms with Crippen molar-refractivity contribution in [2.75, 3.05) is 6.54 Å². The summed E-state index contributed by atoms with van der Waals surface area (Å²) in [5.41, 5.74) is 2.55. The molecule has 5 heteroatoms. The molecule has 1 aromatic rings. The molecule has 0 saturated carbocycles. The number of aryl methyl sites for hydroxylation is 1. The van der Waals surface area contributed by atoms with Crippen LogP contribution in [0.5, 0.6) is 0 Å². The number of hydrogen-bond donors (Lipinski definition) is 1. The van der Waals surface area contributed by atoms with Crippen LogP contribution in [0.2, 0.25) is 0 Å². The van der Waals surface area contributed by atoms with E-state index in [0.29, 0.717) is 5.71 Å². The Morgan fingerprint density at radius 1 is 1.47 bits per heavy atom. The van der Waals surface area contributed by atoms with Crippen molar-refractivity contribution in [2.45, 2.75) is 13.3 Å². The number of nitrogens with zero attached hydrogens (tertiary/aromatic N) is 2. The van der Waals surface area contributed by atoms with E-state index in [4.69, 9.17) is 5.11 Å².